The fourth-order valence-electron chi connectivity index (χ4n) is 1.63. The van der Waals surface area contributed by atoms with Crippen molar-refractivity contribution in [3.05, 3.63) is 47.2 Å². The first kappa shape index (κ1) is 15.1. The number of alkyl halides is 3. The van der Waals surface area contributed by atoms with E-state index in [9.17, 15) is 18.0 Å². The first-order valence-corrected chi connectivity index (χ1v) is 5.89. The third kappa shape index (κ3) is 3.85. The second-order valence-electron chi connectivity index (χ2n) is 3.94. The molecule has 21 heavy (non-hydrogen) atoms. The summed E-state index contributed by atoms with van der Waals surface area (Å²) in [7, 11) is 0. The second kappa shape index (κ2) is 5.61. The number of nitrogens with zero attached hydrogens (tertiary/aromatic N) is 1. The van der Waals surface area contributed by atoms with E-state index >= 15 is 0 Å². The van der Waals surface area contributed by atoms with Gasteiger partial charge < -0.3 is 9.84 Å². The Kier molecular flexibility index (Phi) is 4.04. The van der Waals surface area contributed by atoms with Gasteiger partial charge >= 0.3 is 12.3 Å². The minimum absolute atomic E-state index is 0.200. The normalized spacial score (nSPS) is 11.2. The van der Waals surface area contributed by atoms with Crippen molar-refractivity contribution in [1.82, 2.24) is 4.98 Å². The van der Waals surface area contributed by atoms with Crippen LogP contribution in [0.3, 0.4) is 0 Å². The lowest BCUT2D eigenvalue weighted by molar-refractivity contribution is -0.274. The summed E-state index contributed by atoms with van der Waals surface area (Å²) in [5.74, 6) is -1.69. The number of carbonyl (C=O) groups is 1. The number of carboxylic acid groups (broad SMARTS) is 1. The summed E-state index contributed by atoms with van der Waals surface area (Å²) < 4.78 is 40.3. The average molecular weight is 318 g/mol. The zero-order chi connectivity index (χ0) is 15.6. The van der Waals surface area contributed by atoms with Gasteiger partial charge in [-0.3, -0.25) is 0 Å². The van der Waals surface area contributed by atoms with E-state index in [0.29, 0.717) is 11.1 Å². The molecular weight excluding hydrogens is 311 g/mol. The molecule has 0 aliphatic heterocycles. The summed E-state index contributed by atoms with van der Waals surface area (Å²) in [6.45, 7) is 0. The third-order valence-corrected chi connectivity index (χ3v) is 2.77. The number of carboxylic acids is 1. The minimum Gasteiger partial charge on any atom is -0.478 e. The van der Waals surface area contributed by atoms with Crippen LogP contribution in [0.1, 0.15) is 10.4 Å². The van der Waals surface area contributed by atoms with Gasteiger partial charge in [-0.15, -0.1) is 13.2 Å². The van der Waals surface area contributed by atoms with E-state index in [1.807, 2.05) is 0 Å². The standard InChI is InChI=1S/C13H7ClF3NO3/c14-11-10(12(19)20)5-8(6-18-11)7-2-1-3-9(4-7)21-13(15,16)17/h1-6H,(H,19,20). The predicted molar refractivity (Wildman–Crippen MR) is 68.3 cm³/mol. The van der Waals surface area contributed by atoms with Gasteiger partial charge in [0, 0.05) is 11.8 Å². The van der Waals surface area contributed by atoms with Crippen molar-refractivity contribution in [1.29, 1.82) is 0 Å². The summed E-state index contributed by atoms with van der Waals surface area (Å²) >= 11 is 5.63. The Morgan fingerprint density at radius 2 is 1.95 bits per heavy atom. The Balaban J connectivity index is 2.41. The molecule has 0 aliphatic rings. The molecule has 0 amide bonds. The number of aromatic nitrogens is 1. The molecule has 0 saturated carbocycles. The van der Waals surface area contributed by atoms with Crippen molar-refractivity contribution in [2.75, 3.05) is 0 Å². The van der Waals surface area contributed by atoms with Gasteiger partial charge in [0.1, 0.15) is 10.9 Å². The Morgan fingerprint density at radius 1 is 1.24 bits per heavy atom. The molecule has 0 spiro atoms. The Labute approximate surface area is 121 Å². The molecule has 8 heteroatoms. The lowest BCUT2D eigenvalue weighted by Gasteiger charge is -2.10. The van der Waals surface area contributed by atoms with Crippen molar-refractivity contribution < 1.29 is 27.8 Å². The van der Waals surface area contributed by atoms with Gasteiger partial charge in [-0.05, 0) is 23.8 Å². The number of benzene rings is 1. The predicted octanol–water partition coefficient (Wildman–Crippen LogP) is 4.00. The van der Waals surface area contributed by atoms with Crippen molar-refractivity contribution in [3.63, 3.8) is 0 Å². The number of rotatable bonds is 3. The van der Waals surface area contributed by atoms with Gasteiger partial charge in [-0.1, -0.05) is 23.7 Å². The number of ether oxygens (including phenoxy) is 1. The van der Waals surface area contributed by atoms with Gasteiger partial charge in [-0.2, -0.15) is 0 Å². The van der Waals surface area contributed by atoms with E-state index < -0.39 is 18.1 Å². The SMILES string of the molecule is O=C(O)c1cc(-c2cccc(OC(F)(F)F)c2)cnc1Cl. The molecule has 4 nitrogen and oxygen atoms in total. The van der Waals surface area contributed by atoms with E-state index in [-0.39, 0.29) is 10.7 Å². The molecule has 1 aromatic carbocycles. The highest BCUT2D eigenvalue weighted by Gasteiger charge is 2.31. The summed E-state index contributed by atoms with van der Waals surface area (Å²) in [6, 6.07) is 6.35. The molecule has 1 aromatic heterocycles. The molecule has 0 radical (unpaired) electrons. The Morgan fingerprint density at radius 3 is 2.57 bits per heavy atom. The van der Waals surface area contributed by atoms with Crippen LogP contribution in [0.25, 0.3) is 11.1 Å². The number of halogens is 4. The van der Waals surface area contributed by atoms with Crippen LogP contribution in [-0.2, 0) is 0 Å². The van der Waals surface area contributed by atoms with Gasteiger partial charge in [-0.25, -0.2) is 9.78 Å². The summed E-state index contributed by atoms with van der Waals surface area (Å²) in [4.78, 5) is 14.7. The zero-order valence-electron chi connectivity index (χ0n) is 10.2. The van der Waals surface area contributed by atoms with Gasteiger partial charge in [0.15, 0.2) is 0 Å². The molecule has 2 aromatic rings. The fraction of sp³-hybridized carbons (Fsp3) is 0.0769. The van der Waals surface area contributed by atoms with Crippen LogP contribution < -0.4 is 4.74 Å². The number of aromatic carboxylic acids is 1. The van der Waals surface area contributed by atoms with Crippen LogP contribution in [0.2, 0.25) is 5.15 Å². The van der Waals surface area contributed by atoms with Gasteiger partial charge in [0.2, 0.25) is 0 Å². The lowest BCUT2D eigenvalue weighted by Crippen LogP contribution is -2.17. The lowest BCUT2D eigenvalue weighted by atomic mass is 10.1. The topological polar surface area (TPSA) is 59.4 Å². The molecule has 110 valence electrons. The third-order valence-electron chi connectivity index (χ3n) is 2.47. The highest BCUT2D eigenvalue weighted by Crippen LogP contribution is 2.29. The minimum atomic E-state index is -4.80. The first-order chi connectivity index (χ1) is 9.76. The van der Waals surface area contributed by atoms with Crippen LogP contribution >= 0.6 is 11.6 Å². The molecule has 1 N–H and O–H groups in total. The van der Waals surface area contributed by atoms with Crippen LogP contribution in [0, 0.1) is 0 Å². The van der Waals surface area contributed by atoms with Gasteiger partial charge in [0.25, 0.3) is 0 Å². The highest BCUT2D eigenvalue weighted by atomic mass is 35.5. The van der Waals surface area contributed by atoms with Crippen molar-refractivity contribution in [2.45, 2.75) is 6.36 Å². The van der Waals surface area contributed by atoms with E-state index in [2.05, 4.69) is 9.72 Å². The van der Waals surface area contributed by atoms with E-state index in [0.717, 1.165) is 12.1 Å². The van der Waals surface area contributed by atoms with Crippen LogP contribution in [0.15, 0.2) is 36.5 Å². The van der Waals surface area contributed by atoms with E-state index in [1.165, 1.54) is 24.4 Å². The van der Waals surface area contributed by atoms with Crippen molar-refractivity contribution in [3.8, 4) is 16.9 Å². The molecular formula is C13H7ClF3NO3. The largest absolute Gasteiger partial charge is 0.573 e. The smallest absolute Gasteiger partial charge is 0.478 e. The van der Waals surface area contributed by atoms with Crippen molar-refractivity contribution in [2.24, 2.45) is 0 Å². The molecule has 0 atom stereocenters. The maximum absolute atomic E-state index is 12.2. The number of hydrogen-bond donors (Lipinski definition) is 1. The number of hydrogen-bond acceptors (Lipinski definition) is 3. The van der Waals surface area contributed by atoms with Crippen LogP contribution in [0.4, 0.5) is 13.2 Å². The molecule has 0 fully saturated rings. The Hall–Kier alpha value is -2.28. The maximum Gasteiger partial charge on any atom is 0.573 e. The Bertz CT molecular complexity index is 689. The highest BCUT2D eigenvalue weighted by molar-refractivity contribution is 6.32. The monoisotopic (exact) mass is 317 g/mol. The molecule has 1 heterocycles. The summed E-state index contributed by atoms with van der Waals surface area (Å²) in [6.07, 6.45) is -3.54. The zero-order valence-corrected chi connectivity index (χ0v) is 10.9. The molecule has 0 saturated heterocycles. The van der Waals surface area contributed by atoms with Gasteiger partial charge in [0.05, 0.1) is 5.56 Å². The van der Waals surface area contributed by atoms with E-state index in [1.54, 1.807) is 0 Å². The average Bonchev–Trinajstić information content (AvgIpc) is 2.37. The molecule has 2 rings (SSSR count). The molecule has 0 aliphatic carbocycles. The van der Waals surface area contributed by atoms with Crippen LogP contribution in [-0.4, -0.2) is 22.4 Å². The summed E-state index contributed by atoms with van der Waals surface area (Å²) in [5.41, 5.74) is 0.393. The second-order valence-corrected chi connectivity index (χ2v) is 4.30. The van der Waals surface area contributed by atoms with Crippen molar-refractivity contribution >= 4 is 17.6 Å². The molecule has 0 unspecified atom stereocenters. The summed E-state index contributed by atoms with van der Waals surface area (Å²) in [5, 5.41) is 8.75. The maximum atomic E-state index is 12.2. The quantitative estimate of drug-likeness (QED) is 0.869. The van der Waals surface area contributed by atoms with Crippen LogP contribution in [0.5, 0.6) is 5.75 Å². The fourth-order valence-corrected chi connectivity index (χ4v) is 1.81. The number of pyridine rings is 1. The first-order valence-electron chi connectivity index (χ1n) is 5.51. The molecule has 0 bridgehead atoms. The van der Waals surface area contributed by atoms with E-state index in [4.69, 9.17) is 16.7 Å².